The molecule has 0 aliphatic heterocycles. The molecule has 1 N–H and O–H groups in total. The summed E-state index contributed by atoms with van der Waals surface area (Å²) < 4.78 is 5.38. The Kier molecular flexibility index (Phi) is 9.14. The van der Waals surface area contributed by atoms with Crippen LogP contribution in [-0.4, -0.2) is 36.2 Å². The average molecular weight is 298 g/mol. The SMILES string of the molecule is CCCC(C)/C(C)=C\NCCN(CC)C(=O)OC(C)(C)C. The minimum absolute atomic E-state index is 0.244. The molecule has 0 radical (unpaired) electrons. The molecule has 4 nitrogen and oxygen atoms in total. The van der Waals surface area contributed by atoms with Crippen molar-refractivity contribution >= 4 is 6.09 Å². The fraction of sp³-hybridized carbons (Fsp3) is 0.824. The van der Waals surface area contributed by atoms with Gasteiger partial charge in [-0.2, -0.15) is 0 Å². The Hall–Kier alpha value is -1.19. The fourth-order valence-electron chi connectivity index (χ4n) is 1.94. The lowest BCUT2D eigenvalue weighted by Gasteiger charge is -2.26. The van der Waals surface area contributed by atoms with Gasteiger partial charge in [0.2, 0.25) is 0 Å². The molecule has 0 saturated carbocycles. The van der Waals surface area contributed by atoms with Crippen LogP contribution in [0.5, 0.6) is 0 Å². The lowest BCUT2D eigenvalue weighted by Crippen LogP contribution is -2.39. The minimum Gasteiger partial charge on any atom is -0.444 e. The first-order valence-electron chi connectivity index (χ1n) is 8.09. The molecule has 1 unspecified atom stereocenters. The third-order valence-electron chi connectivity index (χ3n) is 3.39. The third kappa shape index (κ3) is 9.38. The molecule has 1 amide bonds. The van der Waals surface area contributed by atoms with Crippen molar-refractivity contribution in [2.45, 2.75) is 66.9 Å². The topological polar surface area (TPSA) is 41.6 Å². The van der Waals surface area contributed by atoms with Gasteiger partial charge in [0.1, 0.15) is 5.60 Å². The second-order valence-electron chi connectivity index (χ2n) is 6.59. The Morgan fingerprint density at radius 3 is 2.43 bits per heavy atom. The van der Waals surface area contributed by atoms with Gasteiger partial charge in [-0.15, -0.1) is 0 Å². The number of carbonyl (C=O) groups is 1. The zero-order valence-electron chi connectivity index (χ0n) is 15.0. The highest BCUT2D eigenvalue weighted by molar-refractivity contribution is 5.68. The molecule has 0 aromatic rings. The van der Waals surface area contributed by atoms with Crippen molar-refractivity contribution in [3.8, 4) is 0 Å². The van der Waals surface area contributed by atoms with Gasteiger partial charge in [0.05, 0.1) is 0 Å². The molecule has 0 aromatic heterocycles. The summed E-state index contributed by atoms with van der Waals surface area (Å²) in [7, 11) is 0. The molecule has 0 heterocycles. The number of rotatable bonds is 8. The predicted octanol–water partition coefficient (Wildman–Crippen LogP) is 4.17. The molecule has 1 atom stereocenters. The van der Waals surface area contributed by atoms with E-state index >= 15 is 0 Å². The van der Waals surface area contributed by atoms with E-state index in [0.29, 0.717) is 19.0 Å². The van der Waals surface area contributed by atoms with Crippen molar-refractivity contribution in [1.29, 1.82) is 0 Å². The van der Waals surface area contributed by atoms with Gasteiger partial charge in [-0.1, -0.05) is 25.8 Å². The van der Waals surface area contributed by atoms with E-state index in [-0.39, 0.29) is 6.09 Å². The highest BCUT2D eigenvalue weighted by Crippen LogP contribution is 2.14. The van der Waals surface area contributed by atoms with E-state index in [2.05, 4.69) is 32.3 Å². The molecule has 0 fully saturated rings. The monoisotopic (exact) mass is 298 g/mol. The number of likely N-dealkylation sites (N-methyl/N-ethyl adjacent to an activating group) is 1. The van der Waals surface area contributed by atoms with Gasteiger partial charge >= 0.3 is 6.09 Å². The first kappa shape index (κ1) is 19.8. The summed E-state index contributed by atoms with van der Waals surface area (Å²) in [5.74, 6) is 0.607. The van der Waals surface area contributed by atoms with Gasteiger partial charge in [0, 0.05) is 19.6 Å². The molecule has 4 heteroatoms. The Labute approximate surface area is 130 Å². The Morgan fingerprint density at radius 2 is 1.95 bits per heavy atom. The van der Waals surface area contributed by atoms with Crippen molar-refractivity contribution in [3.05, 3.63) is 11.8 Å². The number of allylic oxidation sites excluding steroid dienone is 1. The number of carbonyl (C=O) groups excluding carboxylic acids is 1. The van der Waals surface area contributed by atoms with Crippen LogP contribution in [0.4, 0.5) is 4.79 Å². The number of nitrogens with one attached hydrogen (secondary N) is 1. The van der Waals surface area contributed by atoms with Crippen LogP contribution < -0.4 is 5.32 Å². The van der Waals surface area contributed by atoms with Crippen LogP contribution >= 0.6 is 0 Å². The Balaban J connectivity index is 4.18. The average Bonchev–Trinajstić information content (AvgIpc) is 2.36. The van der Waals surface area contributed by atoms with E-state index in [9.17, 15) is 4.79 Å². The molecule has 0 aromatic carbocycles. The highest BCUT2D eigenvalue weighted by atomic mass is 16.6. The van der Waals surface area contributed by atoms with Crippen LogP contribution in [0.2, 0.25) is 0 Å². The second-order valence-corrected chi connectivity index (χ2v) is 6.59. The minimum atomic E-state index is -0.440. The van der Waals surface area contributed by atoms with Gasteiger partial charge < -0.3 is 15.0 Å². The largest absolute Gasteiger partial charge is 0.444 e. The van der Waals surface area contributed by atoms with E-state index in [1.165, 1.54) is 18.4 Å². The summed E-state index contributed by atoms with van der Waals surface area (Å²) in [6.07, 6.45) is 4.24. The molecular weight excluding hydrogens is 264 g/mol. The highest BCUT2D eigenvalue weighted by Gasteiger charge is 2.20. The molecule has 0 saturated heterocycles. The first-order chi connectivity index (χ1) is 9.71. The zero-order chi connectivity index (χ0) is 16.5. The van der Waals surface area contributed by atoms with Crippen molar-refractivity contribution in [2.75, 3.05) is 19.6 Å². The number of hydrogen-bond donors (Lipinski definition) is 1. The fourth-order valence-corrected chi connectivity index (χ4v) is 1.94. The Bertz CT molecular complexity index is 332. The molecule has 0 aliphatic rings. The maximum Gasteiger partial charge on any atom is 0.410 e. The van der Waals surface area contributed by atoms with E-state index in [1.54, 1.807) is 4.90 Å². The van der Waals surface area contributed by atoms with E-state index in [0.717, 1.165) is 6.54 Å². The van der Waals surface area contributed by atoms with Crippen molar-refractivity contribution < 1.29 is 9.53 Å². The standard InChI is InChI=1S/C17H34N2O2/c1-8-10-14(3)15(4)13-18-11-12-19(9-2)16(20)21-17(5,6)7/h13-14,18H,8-12H2,1-7H3/b15-13-. The molecule has 0 spiro atoms. The normalized spacial score (nSPS) is 13.8. The number of hydrogen-bond acceptors (Lipinski definition) is 3. The first-order valence-corrected chi connectivity index (χ1v) is 8.09. The zero-order valence-corrected chi connectivity index (χ0v) is 15.0. The summed E-state index contributed by atoms with van der Waals surface area (Å²) in [6, 6.07) is 0. The van der Waals surface area contributed by atoms with E-state index < -0.39 is 5.60 Å². The van der Waals surface area contributed by atoms with Crippen LogP contribution in [0.3, 0.4) is 0 Å². The lowest BCUT2D eigenvalue weighted by molar-refractivity contribution is 0.0263. The predicted molar refractivity (Wildman–Crippen MR) is 89.3 cm³/mol. The molecule has 0 rings (SSSR count). The number of amides is 1. The van der Waals surface area contributed by atoms with Gasteiger partial charge in [-0.25, -0.2) is 4.79 Å². The van der Waals surface area contributed by atoms with Crippen molar-refractivity contribution in [1.82, 2.24) is 10.2 Å². The molecule has 0 aliphatic carbocycles. The molecular formula is C17H34N2O2. The van der Waals surface area contributed by atoms with Crippen molar-refractivity contribution in [2.24, 2.45) is 5.92 Å². The second kappa shape index (κ2) is 9.69. The number of nitrogens with zero attached hydrogens (tertiary/aromatic N) is 1. The summed E-state index contributed by atoms with van der Waals surface area (Å²) in [5.41, 5.74) is 0.918. The smallest absolute Gasteiger partial charge is 0.410 e. The lowest BCUT2D eigenvalue weighted by atomic mass is 9.99. The number of ether oxygens (including phenoxy) is 1. The van der Waals surface area contributed by atoms with Crippen LogP contribution in [-0.2, 0) is 4.74 Å². The van der Waals surface area contributed by atoms with Gasteiger partial charge in [0.25, 0.3) is 0 Å². The van der Waals surface area contributed by atoms with Crippen LogP contribution in [0.25, 0.3) is 0 Å². The quantitative estimate of drug-likeness (QED) is 0.684. The summed E-state index contributed by atoms with van der Waals surface area (Å²) >= 11 is 0. The maximum absolute atomic E-state index is 12.0. The third-order valence-corrected chi connectivity index (χ3v) is 3.39. The van der Waals surface area contributed by atoms with E-state index in [1.807, 2.05) is 27.7 Å². The summed E-state index contributed by atoms with van der Waals surface area (Å²) in [5, 5.41) is 3.30. The molecule has 21 heavy (non-hydrogen) atoms. The van der Waals surface area contributed by atoms with Crippen LogP contribution in [0.15, 0.2) is 11.8 Å². The maximum atomic E-state index is 12.0. The summed E-state index contributed by atoms with van der Waals surface area (Å²) in [6.45, 7) is 16.3. The van der Waals surface area contributed by atoms with Gasteiger partial charge in [0.15, 0.2) is 0 Å². The van der Waals surface area contributed by atoms with Gasteiger partial charge in [-0.05, 0) is 53.2 Å². The Morgan fingerprint density at radius 1 is 1.33 bits per heavy atom. The van der Waals surface area contributed by atoms with Gasteiger partial charge in [-0.3, -0.25) is 0 Å². The van der Waals surface area contributed by atoms with Crippen LogP contribution in [0, 0.1) is 5.92 Å². The van der Waals surface area contributed by atoms with Crippen LogP contribution in [0.1, 0.15) is 61.3 Å². The summed E-state index contributed by atoms with van der Waals surface area (Å²) in [4.78, 5) is 13.7. The molecule has 0 bridgehead atoms. The van der Waals surface area contributed by atoms with E-state index in [4.69, 9.17) is 4.74 Å². The van der Waals surface area contributed by atoms with Crippen molar-refractivity contribution in [3.63, 3.8) is 0 Å². The molecule has 124 valence electrons.